The van der Waals surface area contributed by atoms with Crippen LogP contribution in [0.3, 0.4) is 0 Å². The van der Waals surface area contributed by atoms with Gasteiger partial charge in [0.2, 0.25) is 5.91 Å². The second kappa shape index (κ2) is 8.50. The minimum absolute atomic E-state index is 0.180. The number of nitrogens with zero attached hydrogens (tertiary/aromatic N) is 4. The van der Waals surface area contributed by atoms with Gasteiger partial charge in [-0.25, -0.2) is 0 Å². The molecule has 11 heteroatoms. The predicted molar refractivity (Wildman–Crippen MR) is 107 cm³/mol. The molecule has 0 spiro atoms. The molecule has 7 nitrogen and oxygen atoms in total. The van der Waals surface area contributed by atoms with Gasteiger partial charge in [0, 0.05) is 6.20 Å². The number of nitrogens with one attached hydrogen (secondary N) is 1. The number of hydrogen-bond acceptors (Lipinski definition) is 4. The van der Waals surface area contributed by atoms with E-state index in [1.807, 2.05) is 24.3 Å². The van der Waals surface area contributed by atoms with Gasteiger partial charge in [-0.3, -0.25) is 14.2 Å². The Balaban J connectivity index is 1.71. The number of ether oxygens (including phenoxy) is 1. The highest BCUT2D eigenvalue weighted by Gasteiger charge is 2.39. The third-order valence-corrected chi connectivity index (χ3v) is 5.42. The van der Waals surface area contributed by atoms with Gasteiger partial charge >= 0.3 is 6.18 Å². The van der Waals surface area contributed by atoms with E-state index in [2.05, 4.69) is 31.4 Å². The molecule has 1 N–H and O–H groups in total. The summed E-state index contributed by atoms with van der Waals surface area (Å²) in [6.07, 6.45) is -1.51. The summed E-state index contributed by atoms with van der Waals surface area (Å²) in [5, 5.41) is 10.4. The topological polar surface area (TPSA) is 74.0 Å². The van der Waals surface area contributed by atoms with E-state index < -0.39 is 23.8 Å². The van der Waals surface area contributed by atoms with Crippen molar-refractivity contribution >= 4 is 27.5 Å². The molecule has 1 aromatic carbocycles. The molecule has 0 bridgehead atoms. The van der Waals surface area contributed by atoms with E-state index in [1.165, 1.54) is 20.0 Å². The van der Waals surface area contributed by atoms with Crippen molar-refractivity contribution in [3.63, 3.8) is 0 Å². The van der Waals surface area contributed by atoms with Crippen LogP contribution in [-0.4, -0.2) is 32.6 Å². The third-order valence-electron chi connectivity index (χ3n) is 4.47. The normalized spacial score (nSPS) is 12.6. The molecule has 0 radical (unpaired) electrons. The summed E-state index contributed by atoms with van der Waals surface area (Å²) in [6.45, 7) is 3.40. The molecule has 0 saturated carbocycles. The van der Waals surface area contributed by atoms with E-state index in [-0.39, 0.29) is 10.2 Å². The summed E-state index contributed by atoms with van der Waals surface area (Å²) in [4.78, 5) is 12.6. The molecule has 0 saturated heterocycles. The van der Waals surface area contributed by atoms with Gasteiger partial charge in [0.15, 0.2) is 5.69 Å². The number of aromatic nitrogens is 4. The zero-order valence-corrected chi connectivity index (χ0v) is 18.0. The van der Waals surface area contributed by atoms with E-state index in [4.69, 9.17) is 4.74 Å². The van der Waals surface area contributed by atoms with Gasteiger partial charge in [0.05, 0.1) is 35.7 Å². The number of halogens is 4. The summed E-state index contributed by atoms with van der Waals surface area (Å²) in [5.41, 5.74) is 0.527. The largest absolute Gasteiger partial charge is 0.497 e. The number of carbonyl (C=O) groups is 1. The van der Waals surface area contributed by atoms with Gasteiger partial charge in [-0.1, -0.05) is 12.1 Å². The lowest BCUT2D eigenvalue weighted by atomic mass is 10.2. The number of methoxy groups -OCH3 is 1. The highest BCUT2D eigenvalue weighted by atomic mass is 79.9. The molecule has 0 aliphatic carbocycles. The van der Waals surface area contributed by atoms with Crippen LogP contribution in [0.15, 0.2) is 41.1 Å². The van der Waals surface area contributed by atoms with Crippen molar-refractivity contribution in [2.24, 2.45) is 0 Å². The molecule has 0 aliphatic heterocycles. The smallest absolute Gasteiger partial charge is 0.436 e. The van der Waals surface area contributed by atoms with Gasteiger partial charge in [0.1, 0.15) is 11.8 Å². The summed E-state index contributed by atoms with van der Waals surface area (Å²) in [6, 6.07) is 6.53. The summed E-state index contributed by atoms with van der Waals surface area (Å²) in [7, 11) is 1.58. The number of hydrogen-bond donors (Lipinski definition) is 1. The van der Waals surface area contributed by atoms with Crippen LogP contribution >= 0.6 is 15.9 Å². The van der Waals surface area contributed by atoms with Crippen LogP contribution in [0.1, 0.15) is 29.9 Å². The van der Waals surface area contributed by atoms with Gasteiger partial charge in [0.25, 0.3) is 0 Å². The first-order valence-electron chi connectivity index (χ1n) is 8.88. The van der Waals surface area contributed by atoms with Crippen LogP contribution < -0.4 is 10.1 Å². The Morgan fingerprint density at radius 3 is 2.73 bits per heavy atom. The van der Waals surface area contributed by atoms with Gasteiger partial charge in [-0.05, 0) is 47.5 Å². The molecule has 30 heavy (non-hydrogen) atoms. The fourth-order valence-electron chi connectivity index (χ4n) is 2.89. The summed E-state index contributed by atoms with van der Waals surface area (Å²) in [5.74, 6) is 0.212. The maximum absolute atomic E-state index is 13.1. The minimum atomic E-state index is -4.62. The Morgan fingerprint density at radius 1 is 1.37 bits per heavy atom. The summed E-state index contributed by atoms with van der Waals surface area (Å²) >= 11 is 2.91. The Labute approximate surface area is 179 Å². The fraction of sp³-hybridized carbons (Fsp3) is 0.316. The minimum Gasteiger partial charge on any atom is -0.497 e. The molecule has 1 atom stereocenters. The molecule has 160 valence electrons. The molecule has 2 aromatic heterocycles. The number of anilines is 1. The van der Waals surface area contributed by atoms with E-state index in [9.17, 15) is 18.0 Å². The molecule has 0 aliphatic rings. The fourth-order valence-corrected chi connectivity index (χ4v) is 3.37. The lowest BCUT2D eigenvalue weighted by Crippen LogP contribution is -2.25. The van der Waals surface area contributed by atoms with Crippen LogP contribution in [0.4, 0.5) is 18.9 Å². The van der Waals surface area contributed by atoms with Crippen LogP contribution in [0.5, 0.6) is 5.75 Å². The van der Waals surface area contributed by atoms with Gasteiger partial charge < -0.3 is 10.1 Å². The van der Waals surface area contributed by atoms with Crippen molar-refractivity contribution in [2.75, 3.05) is 12.4 Å². The Hall–Kier alpha value is -2.82. The molecular weight excluding hydrogens is 467 g/mol. The molecule has 1 unspecified atom stereocenters. The van der Waals surface area contributed by atoms with Crippen LogP contribution in [0.2, 0.25) is 0 Å². The average molecular weight is 486 g/mol. The van der Waals surface area contributed by atoms with E-state index in [0.29, 0.717) is 12.2 Å². The lowest BCUT2D eigenvalue weighted by molar-refractivity contribution is -0.142. The maximum Gasteiger partial charge on any atom is 0.436 e. The van der Waals surface area contributed by atoms with E-state index in [0.717, 1.165) is 16.0 Å². The van der Waals surface area contributed by atoms with Crippen LogP contribution in [0.25, 0.3) is 0 Å². The highest BCUT2D eigenvalue weighted by molar-refractivity contribution is 9.10. The zero-order valence-electron chi connectivity index (χ0n) is 16.4. The number of rotatable bonds is 6. The van der Waals surface area contributed by atoms with Crippen molar-refractivity contribution in [3.05, 3.63) is 58.1 Å². The Bertz CT molecular complexity index is 1060. The number of amides is 1. The number of benzene rings is 1. The van der Waals surface area contributed by atoms with Crippen molar-refractivity contribution in [1.29, 1.82) is 0 Å². The maximum atomic E-state index is 13.1. The Morgan fingerprint density at radius 2 is 2.10 bits per heavy atom. The van der Waals surface area contributed by atoms with E-state index in [1.54, 1.807) is 18.0 Å². The van der Waals surface area contributed by atoms with Crippen LogP contribution in [-0.2, 0) is 17.5 Å². The first-order valence-corrected chi connectivity index (χ1v) is 9.67. The third kappa shape index (κ3) is 4.66. The standard InChI is InChI=1S/C19H19BrF3N5O2/c1-11-16(20)17(19(21,22)23)26-28(11)12(2)18(29)25-14-8-24-27(10-14)9-13-5-4-6-15(7-13)30-3/h4-8,10,12H,9H2,1-3H3,(H,25,29). The van der Waals surface area contributed by atoms with E-state index >= 15 is 0 Å². The van der Waals surface area contributed by atoms with Crippen molar-refractivity contribution in [2.45, 2.75) is 32.6 Å². The van der Waals surface area contributed by atoms with Gasteiger partial charge in [-0.2, -0.15) is 23.4 Å². The van der Waals surface area contributed by atoms with Crippen molar-refractivity contribution < 1.29 is 22.7 Å². The van der Waals surface area contributed by atoms with Crippen molar-refractivity contribution in [1.82, 2.24) is 19.6 Å². The first-order chi connectivity index (χ1) is 14.1. The van der Waals surface area contributed by atoms with Crippen LogP contribution in [0, 0.1) is 6.92 Å². The Kier molecular flexibility index (Phi) is 6.20. The average Bonchev–Trinajstić information content (AvgIpc) is 3.25. The quantitative estimate of drug-likeness (QED) is 0.560. The highest BCUT2D eigenvalue weighted by Crippen LogP contribution is 2.36. The molecule has 1 amide bonds. The zero-order chi connectivity index (χ0) is 22.1. The summed E-state index contributed by atoms with van der Waals surface area (Å²) < 4.78 is 46.9. The number of carbonyl (C=O) groups excluding carboxylic acids is 1. The predicted octanol–water partition coefficient (Wildman–Crippen LogP) is 4.43. The SMILES string of the molecule is COc1cccc(Cn2cc(NC(=O)C(C)n3nc(C(F)(F)F)c(Br)c3C)cn2)c1. The molecule has 0 fully saturated rings. The monoisotopic (exact) mass is 485 g/mol. The second-order valence-corrected chi connectivity index (χ2v) is 7.43. The molecule has 3 aromatic rings. The number of alkyl halides is 3. The van der Waals surface area contributed by atoms with Gasteiger partial charge in [-0.15, -0.1) is 0 Å². The molecule has 3 rings (SSSR count). The molecule has 2 heterocycles. The first kappa shape index (κ1) is 21.9. The second-order valence-electron chi connectivity index (χ2n) is 6.63. The van der Waals surface area contributed by atoms with Crippen molar-refractivity contribution in [3.8, 4) is 5.75 Å². The molecular formula is C19H19BrF3N5O2. The lowest BCUT2D eigenvalue weighted by Gasteiger charge is -2.13.